The molecule has 0 bridgehead atoms. The average molecular weight is 203 g/mol. The van der Waals surface area contributed by atoms with E-state index in [-0.39, 0.29) is 61.6 Å². The molecule has 6 heteroatoms. The van der Waals surface area contributed by atoms with Gasteiger partial charge in [-0.2, -0.15) is 0 Å². The van der Waals surface area contributed by atoms with E-state index in [1.807, 2.05) is 0 Å². The molecule has 0 aliphatic rings. The molecule has 0 aliphatic heterocycles. The van der Waals surface area contributed by atoms with Crippen molar-refractivity contribution in [3.05, 3.63) is 0 Å². The van der Waals surface area contributed by atoms with E-state index in [2.05, 4.69) is 0 Å². The summed E-state index contributed by atoms with van der Waals surface area (Å²) in [6.45, 7) is 0. The van der Waals surface area contributed by atoms with E-state index in [1.165, 1.54) is 0 Å². The van der Waals surface area contributed by atoms with Gasteiger partial charge in [0, 0.05) is 0 Å². The van der Waals surface area contributed by atoms with E-state index in [1.54, 1.807) is 0 Å². The van der Waals surface area contributed by atoms with Gasteiger partial charge in [-0.1, -0.05) is 0 Å². The van der Waals surface area contributed by atoms with Gasteiger partial charge in [0.15, 0.2) is 0 Å². The second-order valence-electron chi connectivity index (χ2n) is 0. The molecule has 0 unspecified atom stereocenters. The van der Waals surface area contributed by atoms with Crippen molar-refractivity contribution in [2.75, 3.05) is 0 Å². The number of hydrogen-bond donors (Lipinski definition) is 0. The maximum absolute atomic E-state index is 0. The van der Waals surface area contributed by atoms with Crippen LogP contribution in [-0.2, 0) is 22.4 Å². The van der Waals surface area contributed by atoms with Gasteiger partial charge in [-0.3, -0.25) is 0 Å². The Morgan fingerprint density at radius 1 is 0.500 bits per heavy atom. The summed E-state index contributed by atoms with van der Waals surface area (Å²) in [5, 5.41) is 0. The molecule has 0 radical (unpaired) electrons. The molecule has 4 nitrogen and oxygen atoms in total. The van der Waals surface area contributed by atoms with Crippen molar-refractivity contribution in [3.63, 3.8) is 0 Å². The fourth-order valence-electron chi connectivity index (χ4n) is 0. The van der Waals surface area contributed by atoms with Crippen LogP contribution in [0.2, 0.25) is 0 Å². The molecule has 0 aromatic heterocycles. The molecule has 0 amide bonds. The van der Waals surface area contributed by atoms with E-state index in [0.29, 0.717) is 0 Å². The predicted molar refractivity (Wildman–Crippen MR) is 13.5 cm³/mol. The molecule has 0 atom stereocenters. The van der Waals surface area contributed by atoms with Crippen LogP contribution in [0.25, 0.3) is 0 Å². The van der Waals surface area contributed by atoms with Crippen molar-refractivity contribution in [1.82, 2.24) is 0 Å². The third-order valence-electron chi connectivity index (χ3n) is 0. The van der Waals surface area contributed by atoms with E-state index >= 15 is 0 Å². The van der Waals surface area contributed by atoms with Crippen LogP contribution in [0.4, 0.5) is 0 Å². The Balaban J connectivity index is 0. The van der Waals surface area contributed by atoms with Crippen LogP contribution in [-0.4, -0.2) is 39.3 Å². The smallest absolute Gasteiger partial charge is 0.870 e. The first-order valence-electron chi connectivity index (χ1n) is 0. The van der Waals surface area contributed by atoms with Crippen LogP contribution in [0.3, 0.4) is 0 Å². The second-order valence-corrected chi connectivity index (χ2v) is 0. The number of hydrogen-bond acceptors (Lipinski definition) is 4. The Bertz CT molecular complexity index is 7.51. The molecule has 6 heavy (non-hydrogen) atoms. The van der Waals surface area contributed by atoms with Crippen molar-refractivity contribution in [2.24, 2.45) is 0 Å². The summed E-state index contributed by atoms with van der Waals surface area (Å²) in [6.07, 6.45) is 0. The predicted octanol–water partition coefficient (Wildman–Crippen LogP) is -1.09. The van der Waals surface area contributed by atoms with Gasteiger partial charge in [-0.25, -0.2) is 0 Å². The summed E-state index contributed by atoms with van der Waals surface area (Å²) >= 11 is 0. The minimum absolute atomic E-state index is 0. The topological polar surface area (TPSA) is 120 Å². The molecule has 0 spiro atoms. The summed E-state index contributed by atoms with van der Waals surface area (Å²) in [5.74, 6) is 0. The molecule has 0 saturated heterocycles. The Morgan fingerprint density at radius 3 is 0.500 bits per heavy atom. The van der Waals surface area contributed by atoms with Crippen LogP contribution in [0.1, 0.15) is 0 Å². The molecule has 0 aromatic rings. The average Bonchev–Trinajstić information content (AvgIpc) is 0. The fraction of sp³-hybridized carbons (Fsp3) is 0. The first-order chi connectivity index (χ1) is 0. The standard InChI is InChI=1S/Ag.Al.4H2O/h;;4*1H2/q+1;+3;;;;/p-4. The Labute approximate surface area is 61.8 Å². The third-order valence-corrected chi connectivity index (χ3v) is 0. The monoisotopic (exact) mass is 202 g/mol. The SMILES string of the molecule is [Ag+].[Al+3].[OH-].[OH-].[OH-].[OH-]. The normalized spacial score (nSPS) is 0. The molecule has 4 N–H and O–H groups in total. The molecule has 0 fully saturated rings. The summed E-state index contributed by atoms with van der Waals surface area (Å²) in [6, 6.07) is 0. The Morgan fingerprint density at radius 2 is 0.500 bits per heavy atom. The molecule has 0 aromatic carbocycles. The third kappa shape index (κ3) is 69.8. The Kier molecular flexibility index (Phi) is 4620. The largest absolute Gasteiger partial charge is 3.00 e. The van der Waals surface area contributed by atoms with Crippen LogP contribution in [0.15, 0.2) is 0 Å². The first-order valence-corrected chi connectivity index (χ1v) is 0. The van der Waals surface area contributed by atoms with Crippen molar-refractivity contribution in [1.29, 1.82) is 0 Å². The van der Waals surface area contributed by atoms with Crippen LogP contribution < -0.4 is 0 Å². The minimum Gasteiger partial charge on any atom is -0.870 e. The molecular formula is H4AgAlO4. The molecule has 0 rings (SSSR count). The van der Waals surface area contributed by atoms with Crippen molar-refractivity contribution in [2.45, 2.75) is 0 Å². The summed E-state index contributed by atoms with van der Waals surface area (Å²) in [7, 11) is 0. The number of rotatable bonds is 0. The van der Waals surface area contributed by atoms with E-state index in [9.17, 15) is 0 Å². The molecule has 0 heterocycles. The van der Waals surface area contributed by atoms with Crippen LogP contribution in [0.5, 0.6) is 0 Å². The summed E-state index contributed by atoms with van der Waals surface area (Å²) in [4.78, 5) is 0. The van der Waals surface area contributed by atoms with Crippen LogP contribution in [0, 0.1) is 0 Å². The van der Waals surface area contributed by atoms with E-state index < -0.39 is 0 Å². The first kappa shape index (κ1) is 215. The van der Waals surface area contributed by atoms with Gasteiger partial charge < -0.3 is 21.9 Å². The molecule has 0 saturated carbocycles. The Hall–Kier alpha value is 1.11. The van der Waals surface area contributed by atoms with E-state index in [0.717, 1.165) is 0 Å². The maximum atomic E-state index is 0. The van der Waals surface area contributed by atoms with Crippen molar-refractivity contribution >= 4 is 17.4 Å². The molecule has 42 valence electrons. The van der Waals surface area contributed by atoms with Crippen LogP contribution >= 0.6 is 0 Å². The van der Waals surface area contributed by atoms with Gasteiger partial charge in [0.05, 0.1) is 0 Å². The zero-order chi connectivity index (χ0) is 0. The van der Waals surface area contributed by atoms with E-state index in [4.69, 9.17) is 0 Å². The van der Waals surface area contributed by atoms with Crippen molar-refractivity contribution in [3.8, 4) is 0 Å². The summed E-state index contributed by atoms with van der Waals surface area (Å²) < 4.78 is 0. The zero-order valence-electron chi connectivity index (χ0n) is 2.67. The molecule has 0 aliphatic carbocycles. The summed E-state index contributed by atoms with van der Waals surface area (Å²) in [5.41, 5.74) is 0. The van der Waals surface area contributed by atoms with Gasteiger partial charge in [-0.05, 0) is 0 Å². The van der Waals surface area contributed by atoms with Gasteiger partial charge in [0.2, 0.25) is 0 Å². The second kappa shape index (κ2) is 129. The van der Waals surface area contributed by atoms with Gasteiger partial charge >= 0.3 is 39.7 Å². The van der Waals surface area contributed by atoms with Gasteiger partial charge in [0.25, 0.3) is 0 Å². The van der Waals surface area contributed by atoms with Gasteiger partial charge in [-0.15, -0.1) is 0 Å². The van der Waals surface area contributed by atoms with Crippen molar-refractivity contribution < 1.29 is 44.3 Å². The maximum Gasteiger partial charge on any atom is 3.00 e. The molecular weight excluding hydrogens is 199 g/mol. The fourth-order valence-corrected chi connectivity index (χ4v) is 0. The zero-order valence-corrected chi connectivity index (χ0v) is 5.30. The van der Waals surface area contributed by atoms with Gasteiger partial charge in [0.1, 0.15) is 0 Å². The minimum atomic E-state index is 0. The quantitative estimate of drug-likeness (QED) is 0.464.